The molecule has 3 atom stereocenters. The molecule has 0 spiro atoms. The first-order valence-electron chi connectivity index (χ1n) is 12.0. The molecule has 4 heterocycles. The summed E-state index contributed by atoms with van der Waals surface area (Å²) >= 11 is 0. The van der Waals surface area contributed by atoms with Crippen LogP contribution in [0.4, 0.5) is 19.0 Å². The standard InChI is InChI=1S/C25H26F3N5O2/c26-25(27,28)20-4-2-1-3-19(20)16-11-17-13-32(14-18(17)12-16)24(34)21-15-33-22(29-21)5-6-23(30-33)31-7-9-35-10-8-31/h1-6,15-18H,7-14H2/t16?,17-,18+. The van der Waals surface area contributed by atoms with Crippen LogP contribution in [0.25, 0.3) is 5.65 Å². The SMILES string of the molecule is O=C(c1cn2nc(N3CCOCC3)ccc2n1)N1C[C@H]2CC(c3ccccc3C(F)(F)F)C[C@H]2C1. The Labute approximate surface area is 200 Å². The minimum atomic E-state index is -4.35. The molecule has 3 aromatic rings. The molecule has 184 valence electrons. The fourth-order valence-corrected chi connectivity index (χ4v) is 5.93. The van der Waals surface area contributed by atoms with Crippen molar-refractivity contribution in [2.24, 2.45) is 11.8 Å². The van der Waals surface area contributed by atoms with Crippen LogP contribution in [0.1, 0.15) is 40.4 Å². The molecule has 1 aromatic carbocycles. The van der Waals surface area contributed by atoms with Crippen molar-refractivity contribution in [3.63, 3.8) is 0 Å². The van der Waals surface area contributed by atoms with E-state index in [1.807, 2.05) is 12.1 Å². The number of nitrogens with zero attached hydrogens (tertiary/aromatic N) is 5. The van der Waals surface area contributed by atoms with Crippen molar-refractivity contribution in [2.75, 3.05) is 44.3 Å². The highest BCUT2D eigenvalue weighted by molar-refractivity contribution is 5.93. The molecule has 2 aliphatic heterocycles. The molecule has 1 unspecified atom stereocenters. The predicted octanol–water partition coefficient (Wildman–Crippen LogP) is 3.85. The van der Waals surface area contributed by atoms with Crippen LogP contribution < -0.4 is 4.90 Å². The predicted molar refractivity (Wildman–Crippen MR) is 122 cm³/mol. The molecular formula is C25H26F3N5O2. The van der Waals surface area contributed by atoms with Gasteiger partial charge in [0.15, 0.2) is 5.65 Å². The zero-order valence-electron chi connectivity index (χ0n) is 19.1. The number of benzene rings is 1. The van der Waals surface area contributed by atoms with Gasteiger partial charge in [-0.3, -0.25) is 4.79 Å². The highest BCUT2D eigenvalue weighted by Gasteiger charge is 2.45. The normalized spacial score (nSPS) is 24.8. The lowest BCUT2D eigenvalue weighted by Gasteiger charge is -2.27. The summed E-state index contributed by atoms with van der Waals surface area (Å²) in [6.07, 6.45) is -1.36. The van der Waals surface area contributed by atoms with Crippen molar-refractivity contribution in [1.82, 2.24) is 19.5 Å². The average Bonchev–Trinajstić information content (AvgIpc) is 3.56. The summed E-state index contributed by atoms with van der Waals surface area (Å²) in [5.74, 6) is 0.947. The second kappa shape index (κ2) is 8.51. The number of ether oxygens (including phenoxy) is 1. The lowest BCUT2D eigenvalue weighted by atomic mass is 9.91. The van der Waals surface area contributed by atoms with Gasteiger partial charge in [0, 0.05) is 26.2 Å². The third kappa shape index (κ3) is 4.13. The number of alkyl halides is 3. The van der Waals surface area contributed by atoms with Crippen LogP contribution in [-0.4, -0.2) is 64.8 Å². The summed E-state index contributed by atoms with van der Waals surface area (Å²) in [6, 6.07) is 9.65. The average molecular weight is 486 g/mol. The number of imidazole rings is 1. The molecule has 1 saturated carbocycles. The lowest BCUT2D eigenvalue weighted by molar-refractivity contribution is -0.138. The number of hydrogen-bond donors (Lipinski definition) is 0. The summed E-state index contributed by atoms with van der Waals surface area (Å²) in [6.45, 7) is 3.96. The molecule has 7 nitrogen and oxygen atoms in total. The van der Waals surface area contributed by atoms with Crippen molar-refractivity contribution in [2.45, 2.75) is 24.9 Å². The Morgan fingerprint density at radius 3 is 2.43 bits per heavy atom. The maximum Gasteiger partial charge on any atom is 0.416 e. The van der Waals surface area contributed by atoms with Gasteiger partial charge in [0.05, 0.1) is 25.0 Å². The van der Waals surface area contributed by atoms with E-state index >= 15 is 0 Å². The second-order valence-electron chi connectivity index (χ2n) is 9.70. The van der Waals surface area contributed by atoms with Crippen molar-refractivity contribution in [1.29, 1.82) is 0 Å². The number of fused-ring (bicyclic) bond motifs is 2. The summed E-state index contributed by atoms with van der Waals surface area (Å²) in [5.41, 5.74) is 0.797. The van der Waals surface area contributed by atoms with E-state index in [1.165, 1.54) is 12.1 Å². The zero-order chi connectivity index (χ0) is 24.2. The summed E-state index contributed by atoms with van der Waals surface area (Å²) in [4.78, 5) is 21.6. The summed E-state index contributed by atoms with van der Waals surface area (Å²) < 4.78 is 47.5. The molecule has 0 radical (unpaired) electrons. The Morgan fingerprint density at radius 1 is 1.00 bits per heavy atom. The highest BCUT2D eigenvalue weighted by atomic mass is 19.4. The first kappa shape index (κ1) is 22.3. The quantitative estimate of drug-likeness (QED) is 0.564. The minimum Gasteiger partial charge on any atom is -0.378 e. The van der Waals surface area contributed by atoms with Crippen LogP contribution in [0, 0.1) is 11.8 Å². The van der Waals surface area contributed by atoms with Crippen LogP contribution >= 0.6 is 0 Å². The number of aromatic nitrogens is 3. The van der Waals surface area contributed by atoms with Gasteiger partial charge in [-0.05, 0) is 54.4 Å². The molecule has 0 N–H and O–H groups in total. The van der Waals surface area contributed by atoms with E-state index in [-0.39, 0.29) is 23.7 Å². The van der Waals surface area contributed by atoms with Gasteiger partial charge >= 0.3 is 6.18 Å². The van der Waals surface area contributed by atoms with Gasteiger partial charge < -0.3 is 14.5 Å². The summed E-state index contributed by atoms with van der Waals surface area (Å²) in [7, 11) is 0. The molecule has 0 bridgehead atoms. The Balaban J connectivity index is 1.15. The maximum atomic E-state index is 13.5. The van der Waals surface area contributed by atoms with Crippen molar-refractivity contribution in [3.8, 4) is 0 Å². The minimum absolute atomic E-state index is 0.127. The smallest absolute Gasteiger partial charge is 0.378 e. The maximum absolute atomic E-state index is 13.5. The highest BCUT2D eigenvalue weighted by Crippen LogP contribution is 2.49. The Kier molecular flexibility index (Phi) is 5.43. The van der Waals surface area contributed by atoms with E-state index < -0.39 is 11.7 Å². The molecule has 3 aliphatic rings. The number of amides is 1. The van der Waals surface area contributed by atoms with Gasteiger partial charge in [0.1, 0.15) is 11.5 Å². The number of carbonyl (C=O) groups excluding carboxylic acids is 1. The largest absolute Gasteiger partial charge is 0.416 e. The second-order valence-corrected chi connectivity index (χ2v) is 9.70. The van der Waals surface area contributed by atoms with Gasteiger partial charge in [0.2, 0.25) is 0 Å². The van der Waals surface area contributed by atoms with E-state index in [2.05, 4.69) is 15.0 Å². The molecule has 3 fully saturated rings. The van der Waals surface area contributed by atoms with E-state index in [1.54, 1.807) is 27.7 Å². The van der Waals surface area contributed by atoms with E-state index in [0.717, 1.165) is 18.9 Å². The van der Waals surface area contributed by atoms with Crippen molar-refractivity contribution >= 4 is 17.4 Å². The first-order valence-corrected chi connectivity index (χ1v) is 12.0. The van der Waals surface area contributed by atoms with E-state index in [9.17, 15) is 18.0 Å². The van der Waals surface area contributed by atoms with E-state index in [0.29, 0.717) is 56.0 Å². The van der Waals surface area contributed by atoms with Gasteiger partial charge in [-0.2, -0.15) is 13.2 Å². The molecule has 2 aromatic heterocycles. The van der Waals surface area contributed by atoms with Crippen LogP contribution in [-0.2, 0) is 10.9 Å². The zero-order valence-corrected chi connectivity index (χ0v) is 19.1. The number of anilines is 1. The van der Waals surface area contributed by atoms with Gasteiger partial charge in [0.25, 0.3) is 5.91 Å². The van der Waals surface area contributed by atoms with Crippen LogP contribution in [0.5, 0.6) is 0 Å². The fraction of sp³-hybridized carbons (Fsp3) is 0.480. The topological polar surface area (TPSA) is 63.0 Å². The van der Waals surface area contributed by atoms with Gasteiger partial charge in [-0.1, -0.05) is 18.2 Å². The molecule has 1 aliphatic carbocycles. The third-order valence-electron chi connectivity index (χ3n) is 7.60. The first-order chi connectivity index (χ1) is 16.9. The molecule has 2 saturated heterocycles. The van der Waals surface area contributed by atoms with E-state index in [4.69, 9.17) is 4.74 Å². The summed E-state index contributed by atoms with van der Waals surface area (Å²) in [5, 5.41) is 4.62. The number of hydrogen-bond acceptors (Lipinski definition) is 5. The number of halogens is 3. The number of carbonyl (C=O) groups is 1. The van der Waals surface area contributed by atoms with Crippen LogP contribution in [0.15, 0.2) is 42.6 Å². The Hall–Kier alpha value is -3.14. The number of rotatable bonds is 3. The van der Waals surface area contributed by atoms with Crippen LogP contribution in [0.3, 0.4) is 0 Å². The van der Waals surface area contributed by atoms with Gasteiger partial charge in [-0.25, -0.2) is 9.50 Å². The Bertz CT molecular complexity index is 1240. The molecule has 10 heteroatoms. The molecule has 1 amide bonds. The van der Waals surface area contributed by atoms with Crippen LogP contribution in [0.2, 0.25) is 0 Å². The number of morpholine rings is 1. The van der Waals surface area contributed by atoms with Crippen molar-refractivity contribution < 1.29 is 22.7 Å². The Morgan fingerprint density at radius 2 is 1.71 bits per heavy atom. The van der Waals surface area contributed by atoms with Gasteiger partial charge in [-0.15, -0.1) is 5.10 Å². The van der Waals surface area contributed by atoms with Crippen molar-refractivity contribution in [3.05, 3.63) is 59.4 Å². The molecular weight excluding hydrogens is 459 g/mol. The number of likely N-dealkylation sites (tertiary alicyclic amines) is 1. The lowest BCUT2D eigenvalue weighted by Crippen LogP contribution is -2.36. The third-order valence-corrected chi connectivity index (χ3v) is 7.60. The molecule has 6 rings (SSSR count). The fourth-order valence-electron chi connectivity index (χ4n) is 5.93. The monoisotopic (exact) mass is 485 g/mol. The molecule has 35 heavy (non-hydrogen) atoms.